The van der Waals surface area contributed by atoms with E-state index in [1.54, 1.807) is 17.1 Å². The summed E-state index contributed by atoms with van der Waals surface area (Å²) < 4.78 is 6.67. The molecular weight excluding hydrogens is 350 g/mol. The van der Waals surface area contributed by atoms with Gasteiger partial charge in [-0.05, 0) is 17.7 Å². The van der Waals surface area contributed by atoms with Gasteiger partial charge in [-0.1, -0.05) is 6.07 Å². The Kier molecular flexibility index (Phi) is 5.47. The smallest absolute Gasteiger partial charge is 0.269 e. The van der Waals surface area contributed by atoms with Crippen LogP contribution in [0.2, 0.25) is 0 Å². The van der Waals surface area contributed by atoms with E-state index in [1.807, 2.05) is 12.1 Å². The van der Waals surface area contributed by atoms with Gasteiger partial charge in [0, 0.05) is 37.2 Å². The summed E-state index contributed by atoms with van der Waals surface area (Å²) in [6.45, 7) is 0.632. The van der Waals surface area contributed by atoms with E-state index >= 15 is 0 Å². The van der Waals surface area contributed by atoms with E-state index < -0.39 is 4.92 Å². The number of benzene rings is 1. The average Bonchev–Trinajstić information content (AvgIpc) is 3.01. The van der Waals surface area contributed by atoms with Crippen LogP contribution in [-0.4, -0.2) is 26.8 Å². The van der Waals surface area contributed by atoms with Crippen molar-refractivity contribution in [3.8, 4) is 0 Å². The molecule has 2 aromatic heterocycles. The van der Waals surface area contributed by atoms with Crippen LogP contribution in [0, 0.1) is 10.1 Å². The average molecular weight is 367 g/mol. The van der Waals surface area contributed by atoms with E-state index in [1.165, 1.54) is 31.5 Å². The maximum atomic E-state index is 10.9. The number of methoxy groups -OCH3 is 1. The Bertz CT molecular complexity index is 970. The third kappa shape index (κ3) is 4.30. The summed E-state index contributed by atoms with van der Waals surface area (Å²) in [6, 6.07) is 8.05. The standard InChI is InChI=1S/C17H17N7O3/c1-27-11-13-7-14(24(25)26)4-5-15(13)21-22-16-9-20-23(17(16)18)10-12-3-2-6-19-8-12/h2-9H,10-11,18H2,1H3. The van der Waals surface area contributed by atoms with E-state index in [0.29, 0.717) is 29.3 Å². The highest BCUT2D eigenvalue weighted by molar-refractivity contribution is 5.57. The Morgan fingerprint density at radius 2 is 2.07 bits per heavy atom. The van der Waals surface area contributed by atoms with Crippen molar-refractivity contribution in [2.75, 3.05) is 12.8 Å². The lowest BCUT2D eigenvalue weighted by Gasteiger charge is -2.04. The molecule has 0 amide bonds. The van der Waals surface area contributed by atoms with E-state index in [0.717, 1.165) is 5.56 Å². The fourth-order valence-corrected chi connectivity index (χ4v) is 2.41. The van der Waals surface area contributed by atoms with Crippen LogP contribution < -0.4 is 5.73 Å². The van der Waals surface area contributed by atoms with Crippen LogP contribution in [0.15, 0.2) is 59.2 Å². The number of non-ortho nitro benzene ring substituents is 1. The van der Waals surface area contributed by atoms with E-state index in [9.17, 15) is 10.1 Å². The molecular formula is C17H17N7O3. The summed E-state index contributed by atoms with van der Waals surface area (Å²) in [7, 11) is 1.50. The second kappa shape index (κ2) is 8.15. The van der Waals surface area contributed by atoms with E-state index in [4.69, 9.17) is 10.5 Å². The van der Waals surface area contributed by atoms with Crippen molar-refractivity contribution in [3.63, 3.8) is 0 Å². The molecule has 10 heteroatoms. The third-order valence-electron chi connectivity index (χ3n) is 3.75. The Balaban J connectivity index is 1.83. The van der Waals surface area contributed by atoms with Crippen LogP contribution in [0.25, 0.3) is 0 Å². The van der Waals surface area contributed by atoms with Gasteiger partial charge in [-0.25, -0.2) is 4.68 Å². The second-order valence-electron chi connectivity index (χ2n) is 5.64. The molecule has 0 fully saturated rings. The molecule has 0 radical (unpaired) electrons. The highest BCUT2D eigenvalue weighted by atomic mass is 16.6. The topological polar surface area (TPSA) is 134 Å². The van der Waals surface area contributed by atoms with Gasteiger partial charge in [0.15, 0.2) is 0 Å². The molecule has 3 aromatic rings. The predicted octanol–water partition coefficient (Wildman–Crippen LogP) is 3.38. The molecule has 0 unspecified atom stereocenters. The minimum atomic E-state index is -0.472. The fourth-order valence-electron chi connectivity index (χ4n) is 2.41. The van der Waals surface area contributed by atoms with Gasteiger partial charge in [0.2, 0.25) is 0 Å². The quantitative estimate of drug-likeness (QED) is 0.386. The van der Waals surface area contributed by atoms with E-state index in [-0.39, 0.29) is 12.3 Å². The lowest BCUT2D eigenvalue weighted by Crippen LogP contribution is -2.05. The minimum Gasteiger partial charge on any atom is -0.382 e. The van der Waals surface area contributed by atoms with Gasteiger partial charge in [-0.15, -0.1) is 10.2 Å². The normalized spacial score (nSPS) is 11.1. The molecule has 27 heavy (non-hydrogen) atoms. The third-order valence-corrected chi connectivity index (χ3v) is 3.75. The van der Waals surface area contributed by atoms with Crippen molar-refractivity contribution in [3.05, 3.63) is 70.2 Å². The Morgan fingerprint density at radius 3 is 2.78 bits per heavy atom. The number of nitro groups is 1. The first-order valence-electron chi connectivity index (χ1n) is 7.96. The molecule has 0 atom stereocenters. The molecule has 1 aromatic carbocycles. The number of nitro benzene ring substituents is 1. The molecule has 0 bridgehead atoms. The number of nitrogens with two attached hydrogens (primary N) is 1. The van der Waals surface area contributed by atoms with Gasteiger partial charge in [0.1, 0.15) is 11.5 Å². The first-order valence-corrected chi connectivity index (χ1v) is 7.96. The molecule has 0 aliphatic carbocycles. The number of hydrogen-bond donors (Lipinski definition) is 1. The first-order chi connectivity index (χ1) is 13.1. The van der Waals surface area contributed by atoms with Crippen molar-refractivity contribution in [1.29, 1.82) is 0 Å². The van der Waals surface area contributed by atoms with Crippen LogP contribution in [-0.2, 0) is 17.9 Å². The fraction of sp³-hybridized carbons (Fsp3) is 0.176. The summed E-state index contributed by atoms with van der Waals surface area (Å²) in [5.74, 6) is 0.359. The predicted molar refractivity (Wildman–Crippen MR) is 98.0 cm³/mol. The van der Waals surface area contributed by atoms with Crippen molar-refractivity contribution < 1.29 is 9.66 Å². The lowest BCUT2D eigenvalue weighted by molar-refractivity contribution is -0.384. The number of nitrogen functional groups attached to an aromatic ring is 1. The maximum Gasteiger partial charge on any atom is 0.269 e. The maximum absolute atomic E-state index is 10.9. The molecule has 0 aliphatic rings. The molecule has 0 saturated carbocycles. The number of aromatic nitrogens is 3. The number of ether oxygens (including phenoxy) is 1. The summed E-state index contributed by atoms with van der Waals surface area (Å²) in [5.41, 5.74) is 8.42. The zero-order valence-electron chi connectivity index (χ0n) is 14.5. The summed E-state index contributed by atoms with van der Waals surface area (Å²) in [4.78, 5) is 14.5. The van der Waals surface area contributed by atoms with Crippen molar-refractivity contribution >= 4 is 22.9 Å². The Labute approximate surface area is 154 Å². The van der Waals surface area contributed by atoms with Gasteiger partial charge < -0.3 is 10.5 Å². The molecule has 2 N–H and O–H groups in total. The SMILES string of the molecule is COCc1cc([N+](=O)[O-])ccc1N=Nc1cnn(Cc2cccnc2)c1N. The minimum absolute atomic E-state index is 0.0372. The van der Waals surface area contributed by atoms with Gasteiger partial charge in [0.25, 0.3) is 5.69 Å². The van der Waals surface area contributed by atoms with Crippen LogP contribution >= 0.6 is 0 Å². The summed E-state index contributed by atoms with van der Waals surface area (Å²) >= 11 is 0. The van der Waals surface area contributed by atoms with Gasteiger partial charge >= 0.3 is 0 Å². The number of nitrogens with zero attached hydrogens (tertiary/aromatic N) is 6. The zero-order chi connectivity index (χ0) is 19.2. The Hall–Kier alpha value is -3.66. The number of azo groups is 1. The first kappa shape index (κ1) is 18.1. The van der Waals surface area contributed by atoms with Crippen LogP contribution in [0.5, 0.6) is 0 Å². The number of pyridine rings is 1. The van der Waals surface area contributed by atoms with Crippen LogP contribution in [0.1, 0.15) is 11.1 Å². The monoisotopic (exact) mass is 367 g/mol. The number of hydrogen-bond acceptors (Lipinski definition) is 8. The molecule has 10 nitrogen and oxygen atoms in total. The molecule has 0 spiro atoms. The van der Waals surface area contributed by atoms with Crippen LogP contribution in [0.3, 0.4) is 0 Å². The summed E-state index contributed by atoms with van der Waals surface area (Å²) in [5, 5.41) is 23.4. The highest BCUT2D eigenvalue weighted by Crippen LogP contribution is 2.29. The van der Waals surface area contributed by atoms with Gasteiger partial charge in [0.05, 0.1) is 30.0 Å². The second-order valence-corrected chi connectivity index (χ2v) is 5.64. The molecule has 138 valence electrons. The molecule has 3 rings (SSSR count). The number of rotatable bonds is 7. The molecule has 0 aliphatic heterocycles. The zero-order valence-corrected chi connectivity index (χ0v) is 14.5. The Morgan fingerprint density at radius 1 is 1.26 bits per heavy atom. The lowest BCUT2D eigenvalue weighted by atomic mass is 10.1. The summed E-state index contributed by atoms with van der Waals surface area (Å²) in [6.07, 6.45) is 4.93. The van der Waals surface area contributed by atoms with Gasteiger partial charge in [-0.2, -0.15) is 5.10 Å². The van der Waals surface area contributed by atoms with Crippen molar-refractivity contribution in [1.82, 2.24) is 14.8 Å². The molecule has 0 saturated heterocycles. The number of anilines is 1. The van der Waals surface area contributed by atoms with Gasteiger partial charge in [-0.3, -0.25) is 15.1 Å². The molecule has 2 heterocycles. The highest BCUT2D eigenvalue weighted by Gasteiger charge is 2.12. The van der Waals surface area contributed by atoms with Crippen LogP contribution in [0.4, 0.5) is 22.9 Å². The van der Waals surface area contributed by atoms with Crippen molar-refractivity contribution in [2.24, 2.45) is 10.2 Å². The van der Waals surface area contributed by atoms with E-state index in [2.05, 4.69) is 20.3 Å². The van der Waals surface area contributed by atoms with Crippen molar-refractivity contribution in [2.45, 2.75) is 13.2 Å². The largest absolute Gasteiger partial charge is 0.382 e.